The lowest BCUT2D eigenvalue weighted by atomic mass is 10.4. The Morgan fingerprint density at radius 1 is 1.88 bits per heavy atom. The average molecular weight is 141 g/mol. The van der Waals surface area contributed by atoms with Crippen LogP contribution in [0.4, 0.5) is 4.39 Å². The van der Waals surface area contributed by atoms with Gasteiger partial charge in [-0.3, -0.25) is 4.57 Å². The predicted molar refractivity (Wildman–Crippen MR) is 29.8 cm³/mol. The lowest BCUT2D eigenvalue weighted by Gasteiger charge is -2.06. The van der Waals surface area contributed by atoms with E-state index < -0.39 is 20.0 Å². The summed E-state index contributed by atoms with van der Waals surface area (Å²) >= 11 is 0. The molecule has 3 atom stereocenters. The maximum absolute atomic E-state index is 11.9. The van der Waals surface area contributed by atoms with Gasteiger partial charge in [0.1, 0.15) is 12.0 Å². The third-order valence-corrected chi connectivity index (χ3v) is 1.81. The third kappa shape index (κ3) is 2.40. The lowest BCUT2D eigenvalue weighted by molar-refractivity contribution is 0.336. The first-order chi connectivity index (χ1) is 3.55. The van der Waals surface area contributed by atoms with Crippen LogP contribution in [0.2, 0.25) is 0 Å². The van der Waals surface area contributed by atoms with Gasteiger partial charge < -0.3 is 10.6 Å². The van der Waals surface area contributed by atoms with Crippen molar-refractivity contribution in [3.05, 3.63) is 0 Å². The number of hydrogen-bond donors (Lipinski definition) is 2. The molecule has 5 heteroatoms. The summed E-state index contributed by atoms with van der Waals surface area (Å²) in [4.78, 5) is 8.17. The number of halogens is 1. The van der Waals surface area contributed by atoms with E-state index in [0.29, 0.717) is 0 Å². The molecule has 0 saturated carbocycles. The van der Waals surface area contributed by atoms with E-state index in [0.717, 1.165) is 6.92 Å². The van der Waals surface area contributed by atoms with Gasteiger partial charge in [-0.05, 0) is 6.92 Å². The van der Waals surface area contributed by atoms with Gasteiger partial charge in [-0.2, -0.15) is 0 Å². The molecule has 0 heterocycles. The second-order valence-electron chi connectivity index (χ2n) is 1.54. The Hall–Kier alpha value is 0.0800. The van der Waals surface area contributed by atoms with Crippen LogP contribution in [0, 0.1) is 0 Å². The molecule has 0 saturated heterocycles. The zero-order valence-corrected chi connectivity index (χ0v) is 5.47. The van der Waals surface area contributed by atoms with Gasteiger partial charge in [0, 0.05) is 0 Å². The standard InChI is InChI=1S/C3H9FNO2P/c1-2(4)3(5)8(6)7/h2-3,8H,5H2,1H3,(H,6,7). The minimum Gasteiger partial charge on any atom is -0.345 e. The molecular weight excluding hydrogens is 132 g/mol. The van der Waals surface area contributed by atoms with Gasteiger partial charge in [0.25, 0.3) is 0 Å². The molecule has 0 aromatic heterocycles. The van der Waals surface area contributed by atoms with Crippen molar-refractivity contribution in [1.29, 1.82) is 0 Å². The van der Waals surface area contributed by atoms with Gasteiger partial charge in [0.2, 0.25) is 8.03 Å². The zero-order valence-electron chi connectivity index (χ0n) is 4.47. The van der Waals surface area contributed by atoms with Crippen LogP contribution in [0.5, 0.6) is 0 Å². The molecule has 0 aromatic rings. The van der Waals surface area contributed by atoms with Gasteiger partial charge in [-0.15, -0.1) is 0 Å². The molecule has 3 N–H and O–H groups in total. The number of hydrogen-bond acceptors (Lipinski definition) is 2. The predicted octanol–water partition coefficient (Wildman–Crippen LogP) is 0.0962. The highest BCUT2D eigenvalue weighted by atomic mass is 31.1. The molecule has 8 heavy (non-hydrogen) atoms. The summed E-state index contributed by atoms with van der Waals surface area (Å²) in [5.41, 5.74) is 4.87. The Balaban J connectivity index is 3.64. The highest BCUT2D eigenvalue weighted by Crippen LogP contribution is 2.21. The minimum absolute atomic E-state index is 1.16. The summed E-state index contributed by atoms with van der Waals surface area (Å²) in [5.74, 6) is -1.19. The Kier molecular flexibility index (Phi) is 3.21. The molecule has 0 aliphatic heterocycles. The van der Waals surface area contributed by atoms with Crippen LogP contribution in [0.3, 0.4) is 0 Å². The molecule has 0 rings (SSSR count). The SMILES string of the molecule is CC(F)C(N)[PH](=O)O. The molecule has 50 valence electrons. The van der Waals surface area contributed by atoms with Crippen LogP contribution < -0.4 is 5.73 Å². The van der Waals surface area contributed by atoms with E-state index in [9.17, 15) is 8.96 Å². The van der Waals surface area contributed by atoms with Crippen molar-refractivity contribution in [1.82, 2.24) is 0 Å². The van der Waals surface area contributed by atoms with E-state index in [4.69, 9.17) is 10.6 Å². The summed E-state index contributed by atoms with van der Waals surface area (Å²) in [6.45, 7) is 1.16. The van der Waals surface area contributed by atoms with Crippen LogP contribution in [-0.2, 0) is 4.57 Å². The molecule has 0 spiro atoms. The quantitative estimate of drug-likeness (QED) is 0.536. The Labute approximate surface area is 47.6 Å². The van der Waals surface area contributed by atoms with Gasteiger partial charge in [0.15, 0.2) is 0 Å². The molecule has 3 nitrogen and oxygen atoms in total. The molecule has 0 bridgehead atoms. The second-order valence-corrected chi connectivity index (χ2v) is 2.88. The summed E-state index contributed by atoms with van der Waals surface area (Å²) in [6.07, 6.45) is -1.40. The highest BCUT2D eigenvalue weighted by molar-refractivity contribution is 7.38. The summed E-state index contributed by atoms with van der Waals surface area (Å²) < 4.78 is 21.8. The minimum atomic E-state index is -2.86. The fraction of sp³-hybridized carbons (Fsp3) is 1.00. The van der Waals surface area contributed by atoms with Crippen LogP contribution in [0.1, 0.15) is 6.92 Å². The fourth-order valence-corrected chi connectivity index (χ4v) is 0.589. The normalized spacial score (nSPS) is 22.0. The molecule has 0 aliphatic rings. The first-order valence-corrected chi connectivity index (χ1v) is 3.61. The van der Waals surface area contributed by atoms with E-state index in [1.165, 1.54) is 0 Å². The second kappa shape index (κ2) is 3.17. The molecule has 0 amide bonds. The monoisotopic (exact) mass is 141 g/mol. The zero-order chi connectivity index (χ0) is 6.73. The average Bonchev–Trinajstić information content (AvgIpc) is 1.64. The van der Waals surface area contributed by atoms with Crippen molar-refractivity contribution in [2.24, 2.45) is 5.73 Å². The van der Waals surface area contributed by atoms with Crippen molar-refractivity contribution in [3.8, 4) is 0 Å². The van der Waals surface area contributed by atoms with Crippen LogP contribution in [0.25, 0.3) is 0 Å². The van der Waals surface area contributed by atoms with Crippen LogP contribution >= 0.6 is 8.03 Å². The summed E-state index contributed by atoms with van der Waals surface area (Å²) in [5, 5.41) is 0. The molecule has 0 aliphatic carbocycles. The fourth-order valence-electron chi connectivity index (χ4n) is 0.196. The van der Waals surface area contributed by atoms with Gasteiger partial charge in [-0.1, -0.05) is 0 Å². The number of rotatable bonds is 2. The van der Waals surface area contributed by atoms with Crippen molar-refractivity contribution >= 4 is 8.03 Å². The molecule has 0 radical (unpaired) electrons. The summed E-state index contributed by atoms with van der Waals surface area (Å²) in [7, 11) is -2.86. The Morgan fingerprint density at radius 3 is 2.25 bits per heavy atom. The first-order valence-electron chi connectivity index (χ1n) is 2.18. The van der Waals surface area contributed by atoms with Crippen molar-refractivity contribution in [2.75, 3.05) is 0 Å². The van der Waals surface area contributed by atoms with Crippen molar-refractivity contribution < 1.29 is 13.8 Å². The maximum Gasteiger partial charge on any atom is 0.208 e. The van der Waals surface area contributed by atoms with Crippen molar-refractivity contribution in [3.63, 3.8) is 0 Å². The largest absolute Gasteiger partial charge is 0.345 e. The highest BCUT2D eigenvalue weighted by Gasteiger charge is 2.15. The van der Waals surface area contributed by atoms with Gasteiger partial charge in [0.05, 0.1) is 0 Å². The molecule has 0 aromatic carbocycles. The number of alkyl halides is 1. The Morgan fingerprint density at radius 2 is 2.25 bits per heavy atom. The third-order valence-electron chi connectivity index (χ3n) is 0.780. The van der Waals surface area contributed by atoms with Crippen molar-refractivity contribution in [2.45, 2.75) is 18.9 Å². The first kappa shape index (κ1) is 8.08. The van der Waals surface area contributed by atoms with Gasteiger partial charge >= 0.3 is 0 Å². The van der Waals surface area contributed by atoms with Gasteiger partial charge in [-0.25, -0.2) is 4.39 Å². The number of nitrogens with two attached hydrogens (primary N) is 1. The van der Waals surface area contributed by atoms with Crippen LogP contribution in [-0.4, -0.2) is 16.8 Å². The summed E-state index contributed by atoms with van der Waals surface area (Å²) in [6, 6.07) is 0. The van der Waals surface area contributed by atoms with E-state index in [1.807, 2.05) is 0 Å². The smallest absolute Gasteiger partial charge is 0.208 e. The van der Waals surface area contributed by atoms with Crippen LogP contribution in [0.15, 0.2) is 0 Å². The van der Waals surface area contributed by atoms with E-state index in [-0.39, 0.29) is 0 Å². The molecule has 0 fully saturated rings. The maximum atomic E-state index is 11.9. The molecular formula is C3H9FNO2P. The van der Waals surface area contributed by atoms with E-state index in [1.54, 1.807) is 0 Å². The topological polar surface area (TPSA) is 63.3 Å². The van der Waals surface area contributed by atoms with E-state index in [2.05, 4.69) is 0 Å². The molecule has 3 unspecified atom stereocenters. The van der Waals surface area contributed by atoms with E-state index >= 15 is 0 Å². The lowest BCUT2D eigenvalue weighted by Crippen LogP contribution is -2.24. The Bertz CT molecular complexity index is 97.3.